The highest BCUT2D eigenvalue weighted by molar-refractivity contribution is 7.47. The van der Waals surface area contributed by atoms with Gasteiger partial charge in [0.2, 0.25) is 0 Å². The number of allylic oxidation sites excluding steroid dienone is 2. The van der Waals surface area contributed by atoms with Gasteiger partial charge in [-0.1, -0.05) is 64.0 Å². The van der Waals surface area contributed by atoms with Gasteiger partial charge in [0, 0.05) is 6.61 Å². The minimum absolute atomic E-state index is 0.0737. The first-order valence-corrected chi connectivity index (χ1v) is 13.4. The van der Waals surface area contributed by atoms with Crippen molar-refractivity contribution in [2.75, 3.05) is 54.1 Å². The molecule has 0 aliphatic carbocycles. The maximum Gasteiger partial charge on any atom is 0.472 e. The average Bonchev–Trinajstić information content (AvgIpc) is 2.65. The highest BCUT2D eigenvalue weighted by Gasteiger charge is 2.22. The average molecular weight is 451 g/mol. The van der Waals surface area contributed by atoms with Crippen LogP contribution in [-0.4, -0.2) is 63.5 Å². The molecule has 0 aliphatic rings. The van der Waals surface area contributed by atoms with Crippen LogP contribution in [0.5, 0.6) is 0 Å². The summed E-state index contributed by atoms with van der Waals surface area (Å²) in [6.07, 6.45) is 19.8. The van der Waals surface area contributed by atoms with E-state index in [-0.39, 0.29) is 13.2 Å². The molecule has 6 nitrogen and oxygen atoms in total. The Kier molecular flexibility index (Phi) is 19.3. The summed E-state index contributed by atoms with van der Waals surface area (Å²) >= 11 is 0. The summed E-state index contributed by atoms with van der Waals surface area (Å²) in [6.45, 7) is 4.13. The quantitative estimate of drug-likeness (QED) is 0.0934. The lowest BCUT2D eigenvalue weighted by Crippen LogP contribution is -2.37. The van der Waals surface area contributed by atoms with Crippen LogP contribution in [-0.2, 0) is 18.3 Å². The SMILES string of the molecule is CCCCCC/C=C\CCCCCCCCOCCOP(=O)(O)OCC[N+](C)(C)C. The summed E-state index contributed by atoms with van der Waals surface area (Å²) in [5.74, 6) is 0. The first-order valence-electron chi connectivity index (χ1n) is 11.9. The highest BCUT2D eigenvalue weighted by atomic mass is 31.2. The number of hydrogen-bond acceptors (Lipinski definition) is 4. The van der Waals surface area contributed by atoms with Crippen LogP contribution in [0.15, 0.2) is 12.2 Å². The van der Waals surface area contributed by atoms with Crippen LogP contribution in [0.4, 0.5) is 0 Å². The van der Waals surface area contributed by atoms with Gasteiger partial charge in [0.15, 0.2) is 0 Å². The molecule has 0 spiro atoms. The van der Waals surface area contributed by atoms with Gasteiger partial charge >= 0.3 is 7.82 Å². The van der Waals surface area contributed by atoms with Crippen LogP contribution in [0.2, 0.25) is 0 Å². The summed E-state index contributed by atoms with van der Waals surface area (Å²) < 4.78 is 27.7. The second-order valence-electron chi connectivity index (χ2n) is 8.99. The van der Waals surface area contributed by atoms with E-state index in [9.17, 15) is 9.46 Å². The third kappa shape index (κ3) is 24.0. The van der Waals surface area contributed by atoms with Crippen LogP contribution in [0.25, 0.3) is 0 Å². The Morgan fingerprint density at radius 3 is 1.87 bits per heavy atom. The molecule has 0 bridgehead atoms. The summed E-state index contributed by atoms with van der Waals surface area (Å²) in [6, 6.07) is 0. The molecule has 0 aromatic heterocycles. The van der Waals surface area contributed by atoms with Crippen LogP contribution in [0.3, 0.4) is 0 Å². The Bertz CT molecular complexity index is 451. The number of unbranched alkanes of at least 4 members (excludes halogenated alkanes) is 10. The molecule has 0 amide bonds. The van der Waals surface area contributed by atoms with E-state index < -0.39 is 7.82 Å². The molecule has 180 valence electrons. The maximum absolute atomic E-state index is 11.7. The lowest BCUT2D eigenvalue weighted by Gasteiger charge is -2.24. The van der Waals surface area contributed by atoms with Gasteiger partial charge in [-0.2, -0.15) is 0 Å². The Hall–Kier alpha value is -0.230. The van der Waals surface area contributed by atoms with E-state index in [0.29, 0.717) is 24.2 Å². The third-order valence-corrected chi connectivity index (χ3v) is 5.82. The van der Waals surface area contributed by atoms with E-state index in [2.05, 4.69) is 19.1 Å². The topological polar surface area (TPSA) is 65.0 Å². The van der Waals surface area contributed by atoms with Crippen molar-refractivity contribution >= 4 is 7.82 Å². The molecule has 0 saturated heterocycles. The van der Waals surface area contributed by atoms with E-state index in [1.54, 1.807) is 0 Å². The number of hydrogen-bond donors (Lipinski definition) is 1. The van der Waals surface area contributed by atoms with Gasteiger partial charge < -0.3 is 14.1 Å². The lowest BCUT2D eigenvalue weighted by molar-refractivity contribution is -0.870. The van der Waals surface area contributed by atoms with Crippen LogP contribution in [0, 0.1) is 0 Å². The molecule has 30 heavy (non-hydrogen) atoms. The molecular formula is C23H49NO5P+. The number of ether oxygens (including phenoxy) is 1. The predicted molar refractivity (Wildman–Crippen MR) is 126 cm³/mol. The molecular weight excluding hydrogens is 401 g/mol. The normalized spacial score (nSPS) is 14.4. The summed E-state index contributed by atoms with van der Waals surface area (Å²) in [7, 11) is 2.02. The highest BCUT2D eigenvalue weighted by Crippen LogP contribution is 2.42. The standard InChI is InChI=1S/C23H48NO5P/c1-5-6-7-8-9-10-11-12-13-14-15-16-17-18-20-27-22-23-29-30(25,26)28-21-19-24(2,3)4/h10-11H,5-9,12-23H2,1-4H3/p+1/b11-10-. The molecule has 0 aromatic rings. The smallest absolute Gasteiger partial charge is 0.379 e. The van der Waals surface area contributed by atoms with Gasteiger partial charge in [-0.15, -0.1) is 0 Å². The molecule has 0 fully saturated rings. The molecule has 0 radical (unpaired) electrons. The zero-order valence-electron chi connectivity index (χ0n) is 20.2. The van der Waals surface area contributed by atoms with E-state index in [0.717, 1.165) is 6.42 Å². The molecule has 7 heteroatoms. The molecule has 0 aromatic carbocycles. The number of rotatable bonds is 22. The summed E-state index contributed by atoms with van der Waals surface area (Å²) in [5.41, 5.74) is 0. The van der Waals surface area contributed by atoms with Gasteiger partial charge in [0.25, 0.3) is 0 Å². The fraction of sp³-hybridized carbons (Fsp3) is 0.913. The molecule has 1 unspecified atom stereocenters. The molecule has 0 saturated carbocycles. The fourth-order valence-corrected chi connectivity index (χ4v) is 3.57. The van der Waals surface area contributed by atoms with Gasteiger partial charge in [0.05, 0.1) is 34.4 Å². The van der Waals surface area contributed by atoms with Crippen LogP contribution < -0.4 is 0 Å². The van der Waals surface area contributed by atoms with Crippen molar-refractivity contribution in [3.05, 3.63) is 12.2 Å². The first kappa shape index (κ1) is 29.8. The van der Waals surface area contributed by atoms with Gasteiger partial charge in [-0.3, -0.25) is 9.05 Å². The second kappa shape index (κ2) is 19.5. The van der Waals surface area contributed by atoms with Crippen molar-refractivity contribution in [2.24, 2.45) is 0 Å². The summed E-state index contributed by atoms with van der Waals surface area (Å²) in [5, 5.41) is 0. The zero-order chi connectivity index (χ0) is 22.6. The van der Waals surface area contributed by atoms with Crippen molar-refractivity contribution in [3.63, 3.8) is 0 Å². The number of nitrogens with zero attached hydrogens (tertiary/aromatic N) is 1. The van der Waals surface area contributed by atoms with E-state index in [1.165, 1.54) is 70.6 Å². The number of quaternary nitrogens is 1. The Labute approximate surface area is 186 Å². The van der Waals surface area contributed by atoms with E-state index in [1.807, 2.05) is 21.1 Å². The largest absolute Gasteiger partial charge is 0.472 e. The van der Waals surface area contributed by atoms with Crippen molar-refractivity contribution in [1.29, 1.82) is 0 Å². The molecule has 0 aliphatic heterocycles. The Balaban J connectivity index is 3.33. The minimum Gasteiger partial charge on any atom is -0.379 e. The zero-order valence-corrected chi connectivity index (χ0v) is 21.0. The Morgan fingerprint density at radius 2 is 1.27 bits per heavy atom. The van der Waals surface area contributed by atoms with E-state index in [4.69, 9.17) is 13.8 Å². The van der Waals surface area contributed by atoms with Crippen molar-refractivity contribution in [3.8, 4) is 0 Å². The molecule has 1 N–H and O–H groups in total. The third-order valence-electron chi connectivity index (χ3n) is 4.80. The Morgan fingerprint density at radius 1 is 0.733 bits per heavy atom. The minimum atomic E-state index is -3.96. The van der Waals surface area contributed by atoms with Crippen molar-refractivity contribution < 1.29 is 27.7 Å². The molecule has 0 heterocycles. The second-order valence-corrected chi connectivity index (χ2v) is 10.4. The fourth-order valence-electron chi connectivity index (χ4n) is 2.88. The first-order chi connectivity index (χ1) is 14.3. The monoisotopic (exact) mass is 450 g/mol. The van der Waals surface area contributed by atoms with Gasteiger partial charge in [0.1, 0.15) is 13.2 Å². The summed E-state index contributed by atoms with van der Waals surface area (Å²) in [4.78, 5) is 9.59. The van der Waals surface area contributed by atoms with Gasteiger partial charge in [-0.05, 0) is 32.1 Å². The lowest BCUT2D eigenvalue weighted by atomic mass is 10.1. The molecule has 1 atom stereocenters. The van der Waals surface area contributed by atoms with E-state index >= 15 is 0 Å². The van der Waals surface area contributed by atoms with Gasteiger partial charge in [-0.25, -0.2) is 4.57 Å². The van der Waals surface area contributed by atoms with Crippen molar-refractivity contribution in [2.45, 2.75) is 84.0 Å². The number of likely N-dealkylation sites (N-methyl/N-ethyl adjacent to an activating group) is 1. The predicted octanol–water partition coefficient (Wildman–Crippen LogP) is 6.10. The maximum atomic E-state index is 11.7. The van der Waals surface area contributed by atoms with Crippen molar-refractivity contribution in [1.82, 2.24) is 0 Å². The van der Waals surface area contributed by atoms with Crippen LogP contribution in [0.1, 0.15) is 84.0 Å². The number of phosphoric ester groups is 1. The molecule has 0 rings (SSSR count). The number of phosphoric acid groups is 1. The van der Waals surface area contributed by atoms with Crippen LogP contribution >= 0.6 is 7.82 Å².